The molecule has 0 aromatic carbocycles. The Labute approximate surface area is 179 Å². The second-order valence-corrected chi connectivity index (χ2v) is 7.75. The lowest BCUT2D eigenvalue weighted by Crippen LogP contribution is -2.39. The number of rotatable bonds is 6. The summed E-state index contributed by atoms with van der Waals surface area (Å²) in [5.41, 5.74) is 9.33. The summed E-state index contributed by atoms with van der Waals surface area (Å²) >= 11 is 6.33. The van der Waals surface area contributed by atoms with Gasteiger partial charge >= 0.3 is 5.69 Å². The van der Waals surface area contributed by atoms with Gasteiger partial charge in [0.05, 0.1) is 18.2 Å². The molecule has 3 N–H and O–H groups in total. The molecule has 0 aliphatic carbocycles. The van der Waals surface area contributed by atoms with Crippen LogP contribution in [0.1, 0.15) is 37.1 Å². The van der Waals surface area contributed by atoms with Gasteiger partial charge in [0.2, 0.25) is 12.1 Å². The van der Waals surface area contributed by atoms with Crippen LogP contribution in [-0.4, -0.2) is 31.4 Å². The number of anilines is 1. The lowest BCUT2D eigenvalue weighted by atomic mass is 10.1. The molecule has 3 aromatic rings. The van der Waals surface area contributed by atoms with Crippen molar-refractivity contribution in [3.8, 4) is 5.75 Å². The fourth-order valence-corrected chi connectivity index (χ4v) is 3.86. The molecule has 0 bridgehead atoms. The van der Waals surface area contributed by atoms with Gasteiger partial charge in [0.1, 0.15) is 17.8 Å². The van der Waals surface area contributed by atoms with Gasteiger partial charge in [-0.2, -0.15) is 9.97 Å². The molecule has 0 spiro atoms. The standard InChI is InChI=1S/C20H26ClN6O3/c1-11(2)7-6-8-25-15-17(21)23-19(22)24-18(15)26(20(25)28)10-14-13(4)16(30-5)12(3)9-27(14)29/h7,9,29H,6,8,10H2,1-5H3,(H2,22,23,24)/q+1. The van der Waals surface area contributed by atoms with E-state index >= 15 is 0 Å². The van der Waals surface area contributed by atoms with Crippen molar-refractivity contribution in [3.63, 3.8) is 0 Å². The summed E-state index contributed by atoms with van der Waals surface area (Å²) in [7, 11) is 1.57. The van der Waals surface area contributed by atoms with Crippen molar-refractivity contribution in [2.24, 2.45) is 0 Å². The number of allylic oxidation sites excluding steroid dienone is 2. The Bertz CT molecular complexity index is 1210. The minimum Gasteiger partial charge on any atom is -0.496 e. The van der Waals surface area contributed by atoms with Crippen LogP contribution in [0.3, 0.4) is 0 Å². The molecular weight excluding hydrogens is 408 g/mol. The average Bonchev–Trinajstić information content (AvgIpc) is 2.90. The molecule has 0 aliphatic heterocycles. The molecule has 3 aromatic heterocycles. The van der Waals surface area contributed by atoms with Crippen molar-refractivity contribution in [3.05, 3.63) is 50.3 Å². The molecule has 0 saturated carbocycles. The number of nitrogen functional groups attached to an aromatic ring is 1. The Hall–Kier alpha value is -3.07. The molecule has 10 heteroatoms. The van der Waals surface area contributed by atoms with Gasteiger partial charge < -0.3 is 10.5 Å². The van der Waals surface area contributed by atoms with E-state index in [-0.39, 0.29) is 23.3 Å². The number of hydrogen-bond donors (Lipinski definition) is 2. The van der Waals surface area contributed by atoms with Gasteiger partial charge in [-0.25, -0.2) is 4.79 Å². The number of halogens is 1. The maximum atomic E-state index is 13.3. The van der Waals surface area contributed by atoms with Crippen LogP contribution in [-0.2, 0) is 13.1 Å². The van der Waals surface area contributed by atoms with E-state index in [4.69, 9.17) is 22.1 Å². The Balaban J connectivity index is 2.21. The summed E-state index contributed by atoms with van der Waals surface area (Å²) in [5.74, 6) is 0.612. The van der Waals surface area contributed by atoms with E-state index < -0.39 is 0 Å². The van der Waals surface area contributed by atoms with E-state index in [0.717, 1.165) is 15.9 Å². The van der Waals surface area contributed by atoms with Crippen LogP contribution < -0.4 is 20.9 Å². The van der Waals surface area contributed by atoms with Gasteiger partial charge in [-0.1, -0.05) is 23.3 Å². The quantitative estimate of drug-likeness (QED) is 0.267. The number of hydrogen-bond acceptors (Lipinski definition) is 6. The molecular formula is C20H26ClN6O3+. The molecule has 0 radical (unpaired) electrons. The van der Waals surface area contributed by atoms with Gasteiger partial charge in [-0.3, -0.25) is 14.3 Å². The Morgan fingerprint density at radius 2 is 2.03 bits per heavy atom. The minimum atomic E-state index is -0.312. The molecule has 0 saturated heterocycles. The maximum Gasteiger partial charge on any atom is 0.330 e. The summed E-state index contributed by atoms with van der Waals surface area (Å²) in [6.45, 7) is 8.11. The van der Waals surface area contributed by atoms with Crippen LogP contribution in [0.4, 0.5) is 5.95 Å². The van der Waals surface area contributed by atoms with Crippen molar-refractivity contribution in [1.29, 1.82) is 0 Å². The Kier molecular flexibility index (Phi) is 6.02. The van der Waals surface area contributed by atoms with Crippen LogP contribution in [0.2, 0.25) is 5.15 Å². The molecule has 0 amide bonds. The highest BCUT2D eigenvalue weighted by molar-refractivity contribution is 6.33. The highest BCUT2D eigenvalue weighted by atomic mass is 35.5. The lowest BCUT2D eigenvalue weighted by Gasteiger charge is -2.09. The van der Waals surface area contributed by atoms with Crippen LogP contribution in [0.15, 0.2) is 22.6 Å². The van der Waals surface area contributed by atoms with Crippen LogP contribution in [0, 0.1) is 13.8 Å². The first-order valence-electron chi connectivity index (χ1n) is 9.49. The molecule has 160 valence electrons. The summed E-state index contributed by atoms with van der Waals surface area (Å²) in [6, 6.07) is 0. The molecule has 0 unspecified atom stereocenters. The fourth-order valence-electron chi connectivity index (χ4n) is 3.59. The maximum absolute atomic E-state index is 13.3. The number of aromatic nitrogens is 5. The Morgan fingerprint density at radius 3 is 2.67 bits per heavy atom. The van der Waals surface area contributed by atoms with Crippen LogP contribution >= 0.6 is 11.6 Å². The van der Waals surface area contributed by atoms with E-state index in [1.54, 1.807) is 11.7 Å². The third kappa shape index (κ3) is 3.85. The number of pyridine rings is 1. The van der Waals surface area contributed by atoms with E-state index in [0.29, 0.717) is 41.1 Å². The topological polar surface area (TPSA) is 112 Å². The predicted octanol–water partition coefficient (Wildman–Crippen LogP) is 2.38. The molecule has 0 atom stereocenters. The first-order valence-corrected chi connectivity index (χ1v) is 9.86. The lowest BCUT2D eigenvalue weighted by molar-refractivity contribution is -0.910. The Morgan fingerprint density at radius 1 is 1.33 bits per heavy atom. The number of aryl methyl sites for hydroxylation is 2. The smallest absolute Gasteiger partial charge is 0.330 e. The first kappa shape index (κ1) is 21.6. The number of methoxy groups -OCH3 is 1. The number of nitrogens with two attached hydrogens (primary N) is 1. The number of imidazole rings is 1. The van der Waals surface area contributed by atoms with Gasteiger partial charge in [0.25, 0.3) is 5.69 Å². The van der Waals surface area contributed by atoms with Crippen molar-refractivity contribution >= 4 is 28.7 Å². The second kappa shape index (κ2) is 8.35. The van der Waals surface area contributed by atoms with Crippen molar-refractivity contribution in [2.75, 3.05) is 12.8 Å². The molecule has 30 heavy (non-hydrogen) atoms. The summed E-state index contributed by atoms with van der Waals surface area (Å²) in [5, 5.41) is 10.6. The summed E-state index contributed by atoms with van der Waals surface area (Å²) in [4.78, 5) is 21.6. The highest BCUT2D eigenvalue weighted by Gasteiger charge is 2.26. The van der Waals surface area contributed by atoms with E-state index in [1.807, 2.05) is 33.8 Å². The zero-order valence-electron chi connectivity index (χ0n) is 17.7. The molecule has 3 heterocycles. The number of nitrogens with zero attached hydrogens (tertiary/aromatic N) is 5. The van der Waals surface area contributed by atoms with Gasteiger partial charge in [0.15, 0.2) is 10.8 Å². The summed E-state index contributed by atoms with van der Waals surface area (Å²) in [6.07, 6.45) is 4.23. The van der Waals surface area contributed by atoms with Crippen molar-refractivity contribution in [2.45, 2.75) is 47.2 Å². The highest BCUT2D eigenvalue weighted by Crippen LogP contribution is 2.25. The average molecular weight is 434 g/mol. The SMILES string of the molecule is COc1c(C)c[n+](O)c(Cn2c(=O)n(CCC=C(C)C)c3c(Cl)nc(N)nc32)c1C. The fraction of sp³-hybridized carbons (Fsp3) is 0.400. The molecule has 3 rings (SSSR count). The van der Waals surface area contributed by atoms with E-state index in [2.05, 4.69) is 9.97 Å². The molecule has 9 nitrogen and oxygen atoms in total. The van der Waals surface area contributed by atoms with Crippen molar-refractivity contribution in [1.82, 2.24) is 19.1 Å². The third-order valence-electron chi connectivity index (χ3n) is 4.97. The monoisotopic (exact) mass is 433 g/mol. The van der Waals surface area contributed by atoms with Crippen LogP contribution in [0.25, 0.3) is 11.2 Å². The van der Waals surface area contributed by atoms with Crippen molar-refractivity contribution < 1.29 is 14.7 Å². The zero-order valence-corrected chi connectivity index (χ0v) is 18.5. The van der Waals surface area contributed by atoms with E-state index in [1.165, 1.54) is 10.8 Å². The predicted molar refractivity (Wildman–Crippen MR) is 114 cm³/mol. The third-order valence-corrected chi connectivity index (χ3v) is 5.23. The molecule has 0 aliphatic rings. The first-order chi connectivity index (χ1) is 14.1. The second-order valence-electron chi connectivity index (χ2n) is 7.40. The van der Waals surface area contributed by atoms with Crippen LogP contribution in [0.5, 0.6) is 5.75 Å². The molecule has 0 fully saturated rings. The summed E-state index contributed by atoms with van der Waals surface area (Å²) < 4.78 is 9.43. The largest absolute Gasteiger partial charge is 0.496 e. The van der Waals surface area contributed by atoms with Gasteiger partial charge in [-0.15, -0.1) is 0 Å². The van der Waals surface area contributed by atoms with Gasteiger partial charge in [-0.05, 0) is 34.1 Å². The normalized spacial score (nSPS) is 11.1. The number of fused-ring (bicyclic) bond motifs is 1. The number of ether oxygens (including phenoxy) is 1. The van der Waals surface area contributed by atoms with Gasteiger partial charge in [0, 0.05) is 11.3 Å². The van der Waals surface area contributed by atoms with E-state index in [9.17, 15) is 10.0 Å². The zero-order chi connectivity index (χ0) is 22.2. The minimum absolute atomic E-state index is 0.0298.